The molecule has 1 aliphatic rings. The number of ether oxygens (including phenoxy) is 2. The highest BCUT2D eigenvalue weighted by atomic mass is 35.5. The van der Waals surface area contributed by atoms with E-state index < -0.39 is 34.9 Å². The largest absolute Gasteiger partial charge is 0.490 e. The minimum atomic E-state index is -1.54. The summed E-state index contributed by atoms with van der Waals surface area (Å²) in [7, 11) is 1.48. The highest BCUT2D eigenvalue weighted by molar-refractivity contribution is 6.30. The molecule has 0 spiro atoms. The minimum Gasteiger partial charge on any atom is -0.490 e. The molecule has 0 fully saturated rings. The third-order valence-electron chi connectivity index (χ3n) is 7.30. The monoisotopic (exact) mass is 596 g/mol. The number of nitrogens with one attached hydrogen (secondary N) is 1. The van der Waals surface area contributed by atoms with Gasteiger partial charge in [-0.25, -0.2) is 13.6 Å². The molecule has 2 N–H and O–H groups in total. The second-order valence-corrected chi connectivity index (χ2v) is 11.8. The Labute approximate surface area is 246 Å². The molecular formula is C32H31ClF2N2O5. The number of carboxylic acids is 1. The number of pyridine rings is 1. The zero-order valence-electron chi connectivity index (χ0n) is 23.9. The Morgan fingerprint density at radius 3 is 2.45 bits per heavy atom. The van der Waals surface area contributed by atoms with E-state index >= 15 is 4.39 Å². The van der Waals surface area contributed by atoms with Crippen LogP contribution in [0.4, 0.5) is 20.2 Å². The smallest absolute Gasteiger partial charge is 0.339 e. The van der Waals surface area contributed by atoms with E-state index in [1.54, 1.807) is 45.0 Å². The third-order valence-corrected chi connectivity index (χ3v) is 7.61. The second-order valence-electron chi connectivity index (χ2n) is 11.4. The van der Waals surface area contributed by atoms with Gasteiger partial charge in [0, 0.05) is 34.9 Å². The summed E-state index contributed by atoms with van der Waals surface area (Å²) in [6.07, 6.45) is -0.230. The molecule has 0 radical (unpaired) electrons. The zero-order chi connectivity index (χ0) is 30.5. The lowest BCUT2D eigenvalue weighted by Gasteiger charge is -2.29. The maximum atomic E-state index is 15.5. The maximum absolute atomic E-state index is 15.5. The number of halogens is 3. The van der Waals surface area contributed by atoms with E-state index in [-0.39, 0.29) is 21.9 Å². The van der Waals surface area contributed by atoms with Crippen LogP contribution in [0.5, 0.6) is 5.75 Å². The topological polar surface area (TPSA) is 89.8 Å². The third kappa shape index (κ3) is 5.46. The number of anilines is 2. The standard InChI is InChI=1S/C32H31ClF2N2O5/c1-16-19-7-6-12-41-28(19)25(35)15-21(16)26-20-10-8-17(36-18-9-11-23(33)24(34)14-18)13-22(20)30(38)37(5)27(26)29(31(39)40)42-32(2,3)4/h8-11,13-15,29,36H,6-7,12H2,1-5H3,(H,39,40)/t29-/m0/s1. The molecule has 0 aliphatic carbocycles. The Morgan fingerprint density at radius 2 is 1.79 bits per heavy atom. The highest BCUT2D eigenvalue weighted by Gasteiger charge is 2.34. The van der Waals surface area contributed by atoms with Crippen LogP contribution < -0.4 is 15.6 Å². The average molecular weight is 597 g/mol. The van der Waals surface area contributed by atoms with Crippen LogP contribution in [0, 0.1) is 18.6 Å². The van der Waals surface area contributed by atoms with Gasteiger partial charge < -0.3 is 24.5 Å². The Hall–Kier alpha value is -3.95. The number of aliphatic carboxylic acids is 1. The van der Waals surface area contributed by atoms with E-state index in [9.17, 15) is 19.1 Å². The summed E-state index contributed by atoms with van der Waals surface area (Å²) in [5, 5.41) is 14.1. The summed E-state index contributed by atoms with van der Waals surface area (Å²) in [5.74, 6) is -2.26. The quantitative estimate of drug-likeness (QED) is 0.240. The number of rotatable bonds is 6. The van der Waals surface area contributed by atoms with Crippen LogP contribution in [0.3, 0.4) is 0 Å². The highest BCUT2D eigenvalue weighted by Crippen LogP contribution is 2.43. The Kier molecular flexibility index (Phi) is 7.76. The first-order valence-electron chi connectivity index (χ1n) is 13.5. The molecule has 0 saturated carbocycles. The van der Waals surface area contributed by atoms with E-state index in [1.165, 1.54) is 29.8 Å². The second kappa shape index (κ2) is 11.0. The molecule has 7 nitrogen and oxygen atoms in total. The van der Waals surface area contributed by atoms with Gasteiger partial charge >= 0.3 is 5.97 Å². The molecule has 10 heteroatoms. The predicted molar refractivity (Wildman–Crippen MR) is 159 cm³/mol. The van der Waals surface area contributed by atoms with E-state index in [4.69, 9.17) is 21.1 Å². The minimum absolute atomic E-state index is 0.0198. The van der Waals surface area contributed by atoms with Crippen molar-refractivity contribution >= 4 is 39.7 Å². The molecule has 1 aliphatic heterocycles. The molecular weight excluding hydrogens is 566 g/mol. The SMILES string of the molecule is Cc1c(-c2c([C@H](OC(C)(C)C)C(=O)O)n(C)c(=O)c3cc(Nc4ccc(Cl)c(F)c4)ccc23)cc(F)c2c1CCCO2. The molecule has 1 atom stereocenters. The van der Waals surface area contributed by atoms with Gasteiger partial charge in [0.05, 0.1) is 22.9 Å². The van der Waals surface area contributed by atoms with Gasteiger partial charge in [-0.05, 0) is 93.4 Å². The van der Waals surface area contributed by atoms with Crippen LogP contribution in [0.2, 0.25) is 5.02 Å². The summed E-state index contributed by atoms with van der Waals surface area (Å²) < 4.78 is 42.5. The van der Waals surface area contributed by atoms with Crippen LogP contribution in [0.15, 0.2) is 47.3 Å². The summed E-state index contributed by atoms with van der Waals surface area (Å²) >= 11 is 5.81. The van der Waals surface area contributed by atoms with Crippen molar-refractivity contribution < 1.29 is 28.2 Å². The number of nitrogens with zero attached hydrogens (tertiary/aromatic N) is 1. The van der Waals surface area contributed by atoms with Gasteiger partial charge in [0.2, 0.25) is 0 Å². The van der Waals surface area contributed by atoms with Crippen LogP contribution in [0.25, 0.3) is 21.9 Å². The molecule has 1 aromatic heterocycles. The lowest BCUT2D eigenvalue weighted by molar-refractivity contribution is -0.161. The van der Waals surface area contributed by atoms with Gasteiger partial charge in [-0.15, -0.1) is 0 Å². The maximum Gasteiger partial charge on any atom is 0.339 e. The fourth-order valence-corrected chi connectivity index (χ4v) is 5.56. The van der Waals surface area contributed by atoms with Crippen molar-refractivity contribution in [3.05, 3.63) is 86.3 Å². The van der Waals surface area contributed by atoms with Crippen LogP contribution in [-0.4, -0.2) is 27.9 Å². The Balaban J connectivity index is 1.82. The average Bonchev–Trinajstić information content (AvgIpc) is 2.93. The van der Waals surface area contributed by atoms with Crippen molar-refractivity contribution in [2.45, 2.75) is 52.2 Å². The molecule has 5 rings (SSSR count). The van der Waals surface area contributed by atoms with Crippen molar-refractivity contribution in [2.24, 2.45) is 7.05 Å². The Bertz CT molecular complexity index is 1800. The first-order valence-corrected chi connectivity index (χ1v) is 13.9. The molecule has 0 bridgehead atoms. The number of hydrogen-bond acceptors (Lipinski definition) is 5. The van der Waals surface area contributed by atoms with Gasteiger partial charge in [-0.3, -0.25) is 4.79 Å². The molecule has 0 saturated heterocycles. The summed E-state index contributed by atoms with van der Waals surface area (Å²) in [6, 6.07) is 10.6. The van der Waals surface area contributed by atoms with Gasteiger partial charge in [0.15, 0.2) is 17.7 Å². The van der Waals surface area contributed by atoms with Gasteiger partial charge in [0.25, 0.3) is 5.56 Å². The zero-order valence-corrected chi connectivity index (χ0v) is 24.7. The van der Waals surface area contributed by atoms with Crippen molar-refractivity contribution in [1.29, 1.82) is 0 Å². The molecule has 4 aromatic rings. The number of benzene rings is 3. The molecule has 0 unspecified atom stereocenters. The normalized spacial score (nSPS) is 13.9. The fraction of sp³-hybridized carbons (Fsp3) is 0.312. The van der Waals surface area contributed by atoms with Gasteiger partial charge in [-0.2, -0.15) is 0 Å². The first kappa shape index (κ1) is 29.5. The van der Waals surface area contributed by atoms with Crippen LogP contribution in [-0.2, 0) is 23.0 Å². The number of fused-ring (bicyclic) bond motifs is 2. The van der Waals surface area contributed by atoms with Crippen molar-refractivity contribution in [3.63, 3.8) is 0 Å². The number of carbonyl (C=O) groups is 1. The predicted octanol–water partition coefficient (Wildman–Crippen LogP) is 7.45. The number of hydrogen-bond donors (Lipinski definition) is 2. The summed E-state index contributed by atoms with van der Waals surface area (Å²) in [4.78, 5) is 26.5. The van der Waals surface area contributed by atoms with E-state index in [2.05, 4.69) is 5.32 Å². The lowest BCUT2D eigenvalue weighted by atomic mass is 9.87. The molecule has 42 heavy (non-hydrogen) atoms. The van der Waals surface area contributed by atoms with Crippen molar-refractivity contribution in [1.82, 2.24) is 4.57 Å². The number of aromatic nitrogens is 1. The fourth-order valence-electron chi connectivity index (χ4n) is 5.44. The van der Waals surface area contributed by atoms with Gasteiger partial charge in [-0.1, -0.05) is 17.7 Å². The summed E-state index contributed by atoms with van der Waals surface area (Å²) in [6.45, 7) is 7.42. The van der Waals surface area contributed by atoms with Crippen LogP contribution in [0.1, 0.15) is 50.1 Å². The molecule has 220 valence electrons. The molecule has 0 amide bonds. The Morgan fingerprint density at radius 1 is 1.10 bits per heavy atom. The van der Waals surface area contributed by atoms with Crippen molar-refractivity contribution in [3.8, 4) is 16.9 Å². The van der Waals surface area contributed by atoms with E-state index in [1.807, 2.05) is 6.92 Å². The number of carboxylic acid groups (broad SMARTS) is 1. The summed E-state index contributed by atoms with van der Waals surface area (Å²) in [5.41, 5.74) is 1.89. The molecule has 3 aromatic carbocycles. The van der Waals surface area contributed by atoms with E-state index in [0.717, 1.165) is 5.56 Å². The molecule has 2 heterocycles. The van der Waals surface area contributed by atoms with Crippen LogP contribution >= 0.6 is 11.6 Å². The van der Waals surface area contributed by atoms with Crippen molar-refractivity contribution in [2.75, 3.05) is 11.9 Å². The van der Waals surface area contributed by atoms with E-state index in [0.29, 0.717) is 52.9 Å². The lowest BCUT2D eigenvalue weighted by Crippen LogP contribution is -2.33. The van der Waals surface area contributed by atoms with Gasteiger partial charge in [0.1, 0.15) is 5.82 Å². The first-order chi connectivity index (χ1) is 19.8.